The molecule has 252 valence electrons. The molecule has 11 rings (SSSR count). The first-order valence-corrected chi connectivity index (χ1v) is 18.1. The van der Waals surface area contributed by atoms with E-state index in [0.717, 1.165) is 66.1 Å². The van der Waals surface area contributed by atoms with E-state index in [1.165, 1.54) is 21.9 Å². The molecule has 0 aliphatic rings. The Balaban J connectivity index is 1.19. The predicted octanol–water partition coefficient (Wildman–Crippen LogP) is 12.7. The number of rotatable bonds is 5. The van der Waals surface area contributed by atoms with Crippen LogP contribution in [0.4, 0.5) is 0 Å². The Bertz CT molecular complexity index is 3140. The minimum atomic E-state index is 0.594. The molecule has 0 aliphatic carbocycles. The van der Waals surface area contributed by atoms with Crippen LogP contribution in [-0.2, 0) is 0 Å². The topological polar surface area (TPSA) is 56.7 Å². The zero-order valence-corrected chi connectivity index (χ0v) is 29.0. The molecule has 3 heterocycles. The van der Waals surface area contributed by atoms with Gasteiger partial charge in [0.2, 0.25) is 0 Å². The lowest BCUT2D eigenvalue weighted by Crippen LogP contribution is -2.00. The highest BCUT2D eigenvalue weighted by atomic mass is 16.3. The van der Waals surface area contributed by atoms with Gasteiger partial charge in [-0.3, -0.25) is 0 Å². The van der Waals surface area contributed by atoms with Gasteiger partial charge in [0.05, 0.1) is 11.0 Å². The monoisotopic (exact) mass is 690 g/mol. The number of fused-ring (bicyclic) bond motifs is 8. The van der Waals surface area contributed by atoms with E-state index in [-0.39, 0.29) is 0 Å². The Hall–Kier alpha value is -7.37. The SMILES string of the molecule is c1ccc(-c2ccc3c(c2)c2ccccc2n3-c2ccc3oc4c5ccccc5cc(-c5nc(-c6ccccc6)nc(-c6ccccc6)n5)c4c3c2)cc1. The summed E-state index contributed by atoms with van der Waals surface area (Å²) in [5.41, 5.74) is 10.1. The number of nitrogens with zero attached hydrogens (tertiary/aromatic N) is 4. The van der Waals surface area contributed by atoms with Crippen molar-refractivity contribution in [3.63, 3.8) is 0 Å². The van der Waals surface area contributed by atoms with Gasteiger partial charge in [-0.15, -0.1) is 0 Å². The molecule has 3 aromatic heterocycles. The fourth-order valence-corrected chi connectivity index (χ4v) is 7.91. The van der Waals surface area contributed by atoms with Crippen LogP contribution in [-0.4, -0.2) is 19.5 Å². The van der Waals surface area contributed by atoms with Gasteiger partial charge in [-0.05, 0) is 59.0 Å². The van der Waals surface area contributed by atoms with Gasteiger partial charge in [-0.2, -0.15) is 0 Å². The van der Waals surface area contributed by atoms with Crippen molar-refractivity contribution in [2.24, 2.45) is 0 Å². The summed E-state index contributed by atoms with van der Waals surface area (Å²) in [6, 6.07) is 63.3. The van der Waals surface area contributed by atoms with E-state index in [4.69, 9.17) is 19.4 Å². The Labute approximate surface area is 310 Å². The Morgan fingerprint density at radius 1 is 0.389 bits per heavy atom. The molecule has 0 aliphatic heterocycles. The second-order valence-corrected chi connectivity index (χ2v) is 13.6. The normalized spacial score (nSPS) is 11.7. The highest BCUT2D eigenvalue weighted by Gasteiger charge is 2.22. The minimum Gasteiger partial charge on any atom is -0.455 e. The molecule has 0 bridgehead atoms. The molecule has 0 atom stereocenters. The standard InChI is InChI=1S/C49H30N4O/c1-4-14-31(15-5-1)34-24-26-43-39(28-34)38-22-12-13-23-42(38)53(43)36-25-27-44-40(30-36)45-41(29-35-20-10-11-21-37(35)46(45)54-44)49-51-47(32-16-6-2-7-17-32)50-48(52-49)33-18-8-3-9-19-33/h1-30H. The molecule has 54 heavy (non-hydrogen) atoms. The van der Waals surface area contributed by atoms with E-state index in [0.29, 0.717) is 17.5 Å². The van der Waals surface area contributed by atoms with Crippen molar-refractivity contribution >= 4 is 54.5 Å². The first-order valence-electron chi connectivity index (χ1n) is 18.1. The number of hydrogen-bond donors (Lipinski definition) is 0. The second kappa shape index (κ2) is 12.1. The molecular weight excluding hydrogens is 661 g/mol. The van der Waals surface area contributed by atoms with Crippen LogP contribution in [0.25, 0.3) is 105 Å². The van der Waals surface area contributed by atoms with Gasteiger partial charge in [0.25, 0.3) is 0 Å². The van der Waals surface area contributed by atoms with Crippen LogP contribution in [0.1, 0.15) is 0 Å². The summed E-state index contributed by atoms with van der Waals surface area (Å²) in [5, 5.41) is 6.49. The van der Waals surface area contributed by atoms with Crippen LogP contribution in [0.5, 0.6) is 0 Å². The average molecular weight is 691 g/mol. The number of furan rings is 1. The summed E-state index contributed by atoms with van der Waals surface area (Å²) < 4.78 is 9.15. The second-order valence-electron chi connectivity index (χ2n) is 13.6. The van der Waals surface area contributed by atoms with Gasteiger partial charge in [0, 0.05) is 49.3 Å². The maximum atomic E-state index is 6.79. The molecule has 0 fully saturated rings. The van der Waals surface area contributed by atoms with Gasteiger partial charge in [-0.25, -0.2) is 15.0 Å². The Morgan fingerprint density at radius 3 is 1.70 bits per heavy atom. The first kappa shape index (κ1) is 30.3. The highest BCUT2D eigenvalue weighted by Crippen LogP contribution is 2.43. The van der Waals surface area contributed by atoms with Crippen LogP contribution in [0.3, 0.4) is 0 Å². The van der Waals surface area contributed by atoms with E-state index in [9.17, 15) is 0 Å². The molecule has 0 saturated carbocycles. The average Bonchev–Trinajstić information content (AvgIpc) is 3.80. The maximum Gasteiger partial charge on any atom is 0.164 e. The third-order valence-corrected chi connectivity index (χ3v) is 10.4. The zero-order valence-electron chi connectivity index (χ0n) is 29.0. The molecule has 0 amide bonds. The molecular formula is C49H30N4O. The molecule has 8 aromatic carbocycles. The quantitative estimate of drug-likeness (QED) is 0.180. The zero-order chi connectivity index (χ0) is 35.6. The predicted molar refractivity (Wildman–Crippen MR) is 221 cm³/mol. The van der Waals surface area contributed by atoms with Crippen molar-refractivity contribution in [2.75, 3.05) is 0 Å². The maximum absolute atomic E-state index is 6.79. The van der Waals surface area contributed by atoms with Crippen LogP contribution in [0, 0.1) is 0 Å². The van der Waals surface area contributed by atoms with Gasteiger partial charge in [0.15, 0.2) is 17.5 Å². The lowest BCUT2D eigenvalue weighted by molar-refractivity contribution is 0.672. The summed E-state index contributed by atoms with van der Waals surface area (Å²) in [6.07, 6.45) is 0. The fourth-order valence-electron chi connectivity index (χ4n) is 7.91. The van der Waals surface area contributed by atoms with Crippen LogP contribution < -0.4 is 0 Å². The Kier molecular flexibility index (Phi) is 6.79. The van der Waals surface area contributed by atoms with E-state index in [1.807, 2.05) is 60.7 Å². The molecule has 11 aromatic rings. The number of hydrogen-bond acceptors (Lipinski definition) is 4. The van der Waals surface area contributed by atoms with Crippen LogP contribution in [0.15, 0.2) is 186 Å². The lowest BCUT2D eigenvalue weighted by Gasteiger charge is -2.11. The number of para-hydroxylation sites is 1. The lowest BCUT2D eigenvalue weighted by atomic mass is 9.99. The molecule has 0 N–H and O–H groups in total. The van der Waals surface area contributed by atoms with E-state index >= 15 is 0 Å². The van der Waals surface area contributed by atoms with Crippen molar-refractivity contribution in [3.8, 4) is 51.0 Å². The van der Waals surface area contributed by atoms with Gasteiger partial charge >= 0.3 is 0 Å². The number of aromatic nitrogens is 4. The molecule has 0 spiro atoms. The fraction of sp³-hybridized carbons (Fsp3) is 0. The molecule has 5 heteroatoms. The molecule has 0 saturated heterocycles. The van der Waals surface area contributed by atoms with Crippen LogP contribution in [0.2, 0.25) is 0 Å². The van der Waals surface area contributed by atoms with Crippen molar-refractivity contribution in [1.82, 2.24) is 19.5 Å². The molecule has 5 nitrogen and oxygen atoms in total. The van der Waals surface area contributed by atoms with E-state index in [1.54, 1.807) is 0 Å². The first-order chi connectivity index (χ1) is 26.8. The summed E-state index contributed by atoms with van der Waals surface area (Å²) in [4.78, 5) is 15.3. The number of benzene rings is 8. The van der Waals surface area contributed by atoms with Gasteiger partial charge in [-0.1, -0.05) is 140 Å². The van der Waals surface area contributed by atoms with Crippen molar-refractivity contribution in [3.05, 3.63) is 182 Å². The van der Waals surface area contributed by atoms with Crippen molar-refractivity contribution in [2.45, 2.75) is 0 Å². The van der Waals surface area contributed by atoms with Crippen molar-refractivity contribution in [1.29, 1.82) is 0 Å². The van der Waals surface area contributed by atoms with Crippen molar-refractivity contribution < 1.29 is 4.42 Å². The largest absolute Gasteiger partial charge is 0.455 e. The van der Waals surface area contributed by atoms with Gasteiger partial charge in [0.1, 0.15) is 11.2 Å². The third-order valence-electron chi connectivity index (χ3n) is 10.4. The minimum absolute atomic E-state index is 0.594. The summed E-state index contributed by atoms with van der Waals surface area (Å²) in [7, 11) is 0. The Morgan fingerprint density at radius 2 is 0.981 bits per heavy atom. The van der Waals surface area contributed by atoms with E-state index < -0.39 is 0 Å². The highest BCUT2D eigenvalue weighted by molar-refractivity contribution is 6.21. The van der Waals surface area contributed by atoms with Crippen LogP contribution >= 0.6 is 0 Å². The summed E-state index contributed by atoms with van der Waals surface area (Å²) >= 11 is 0. The van der Waals surface area contributed by atoms with E-state index in [2.05, 4.69) is 126 Å². The summed E-state index contributed by atoms with van der Waals surface area (Å²) in [6.45, 7) is 0. The molecule has 0 radical (unpaired) electrons. The third kappa shape index (κ3) is 4.83. The van der Waals surface area contributed by atoms with Gasteiger partial charge < -0.3 is 8.98 Å². The summed E-state index contributed by atoms with van der Waals surface area (Å²) in [5.74, 6) is 1.83. The smallest absolute Gasteiger partial charge is 0.164 e. The molecule has 0 unspecified atom stereocenters.